The van der Waals surface area contributed by atoms with Gasteiger partial charge in [-0.15, -0.1) is 0 Å². The Morgan fingerprint density at radius 3 is 2.12 bits per heavy atom. The Labute approximate surface area is 135 Å². The van der Waals surface area contributed by atoms with Crippen molar-refractivity contribution in [1.29, 1.82) is 5.26 Å². The Bertz CT molecular complexity index is 1000. The first kappa shape index (κ1) is 14.2. The predicted octanol–water partition coefficient (Wildman–Crippen LogP) is 3.61. The van der Waals surface area contributed by atoms with Crippen LogP contribution < -0.4 is 0 Å². The second-order valence-electron chi connectivity index (χ2n) is 5.16. The molecular weight excluding hydrogens is 310 g/mol. The minimum atomic E-state index is -1.20. The van der Waals surface area contributed by atoms with Crippen LogP contribution in [0.1, 0.15) is 16.7 Å². The molecule has 0 unspecified atom stereocenters. The topological polar surface area (TPSA) is 62.5 Å². The molecule has 0 fully saturated rings. The van der Waals surface area contributed by atoms with Gasteiger partial charge in [0.05, 0.1) is 17.0 Å². The Balaban J connectivity index is 2.07. The molecule has 0 bridgehead atoms. The summed E-state index contributed by atoms with van der Waals surface area (Å²) in [5.41, 5.74) is 3.77. The predicted molar refractivity (Wildman–Crippen MR) is 83.2 cm³/mol. The van der Waals surface area contributed by atoms with Crippen molar-refractivity contribution in [3.63, 3.8) is 0 Å². The molecule has 0 atom stereocenters. The summed E-state index contributed by atoms with van der Waals surface area (Å²) in [6.45, 7) is 0. The van der Waals surface area contributed by atoms with Crippen molar-refractivity contribution in [1.82, 2.24) is 15.0 Å². The fraction of sp³-hybridized carbons (Fsp3) is 0. The normalized spacial score (nSPS) is 11.6. The number of nitriles is 1. The first-order valence-corrected chi connectivity index (χ1v) is 7.07. The van der Waals surface area contributed by atoms with Gasteiger partial charge >= 0.3 is 0 Å². The third-order valence-corrected chi connectivity index (χ3v) is 3.83. The van der Waals surface area contributed by atoms with Crippen LogP contribution in [-0.2, 0) is 0 Å². The monoisotopic (exact) mass is 318 g/mol. The average molecular weight is 318 g/mol. The molecular formula is C18H8F2N4. The van der Waals surface area contributed by atoms with Crippen LogP contribution >= 0.6 is 0 Å². The lowest BCUT2D eigenvalue weighted by atomic mass is 9.95. The largest absolute Gasteiger partial charge is 0.254 e. The number of rotatable bonds is 1. The lowest BCUT2D eigenvalue weighted by Crippen LogP contribution is -1.95. The van der Waals surface area contributed by atoms with Gasteiger partial charge in [-0.2, -0.15) is 9.65 Å². The molecule has 0 saturated heterocycles. The van der Waals surface area contributed by atoms with Gasteiger partial charge < -0.3 is 0 Å². The molecule has 3 heterocycles. The van der Waals surface area contributed by atoms with Crippen LogP contribution in [0, 0.1) is 23.1 Å². The third-order valence-electron chi connectivity index (χ3n) is 3.83. The Morgan fingerprint density at radius 2 is 1.58 bits per heavy atom. The molecule has 3 aromatic heterocycles. The standard InChI is InChI=1S/C18H8F2N4/c19-14-7-10(9-24-18(14)20)13(8-21)15-11-3-1-5-22-16(11)17-12(15)4-2-6-23-17/h1-7,9H. The molecule has 0 saturated carbocycles. The van der Waals surface area contributed by atoms with Crippen LogP contribution in [0.2, 0.25) is 0 Å². The summed E-state index contributed by atoms with van der Waals surface area (Å²) in [5.74, 6) is -2.30. The van der Waals surface area contributed by atoms with Crippen molar-refractivity contribution >= 4 is 11.1 Å². The summed E-state index contributed by atoms with van der Waals surface area (Å²) >= 11 is 0. The van der Waals surface area contributed by atoms with Gasteiger partial charge in [0.1, 0.15) is 6.07 Å². The minimum absolute atomic E-state index is 0.197. The molecule has 0 aromatic carbocycles. The summed E-state index contributed by atoms with van der Waals surface area (Å²) in [7, 11) is 0. The molecule has 0 radical (unpaired) electrons. The second-order valence-corrected chi connectivity index (χ2v) is 5.16. The van der Waals surface area contributed by atoms with E-state index in [4.69, 9.17) is 0 Å². The molecule has 24 heavy (non-hydrogen) atoms. The van der Waals surface area contributed by atoms with Crippen LogP contribution in [0.15, 0.2) is 48.9 Å². The summed E-state index contributed by atoms with van der Waals surface area (Å²) < 4.78 is 26.7. The molecule has 1 aliphatic carbocycles. The van der Waals surface area contributed by atoms with Gasteiger partial charge in [0.25, 0.3) is 0 Å². The average Bonchev–Trinajstić information content (AvgIpc) is 2.94. The number of hydrogen-bond donors (Lipinski definition) is 0. The van der Waals surface area contributed by atoms with E-state index in [9.17, 15) is 14.0 Å². The van der Waals surface area contributed by atoms with E-state index in [1.54, 1.807) is 24.5 Å². The van der Waals surface area contributed by atoms with Crippen molar-refractivity contribution in [3.05, 3.63) is 77.4 Å². The van der Waals surface area contributed by atoms with Gasteiger partial charge in [0, 0.05) is 40.9 Å². The molecule has 0 spiro atoms. The third kappa shape index (κ3) is 1.99. The first-order chi connectivity index (χ1) is 11.7. The van der Waals surface area contributed by atoms with E-state index in [0.29, 0.717) is 17.0 Å². The zero-order chi connectivity index (χ0) is 16.7. The first-order valence-electron chi connectivity index (χ1n) is 7.07. The zero-order valence-corrected chi connectivity index (χ0v) is 12.2. The molecule has 6 heteroatoms. The maximum absolute atomic E-state index is 13.6. The molecule has 4 rings (SSSR count). The number of hydrogen-bond acceptors (Lipinski definition) is 4. The fourth-order valence-electron chi connectivity index (χ4n) is 2.83. The Morgan fingerprint density at radius 1 is 0.958 bits per heavy atom. The number of fused-ring (bicyclic) bond motifs is 3. The van der Waals surface area contributed by atoms with Crippen molar-refractivity contribution in [2.45, 2.75) is 0 Å². The zero-order valence-electron chi connectivity index (χ0n) is 12.2. The van der Waals surface area contributed by atoms with Gasteiger partial charge in [0.15, 0.2) is 5.82 Å². The van der Waals surface area contributed by atoms with Crippen LogP contribution in [0.3, 0.4) is 0 Å². The molecule has 3 aromatic rings. The van der Waals surface area contributed by atoms with Crippen LogP contribution in [0.4, 0.5) is 8.78 Å². The van der Waals surface area contributed by atoms with Crippen molar-refractivity contribution in [3.8, 4) is 17.5 Å². The summed E-state index contributed by atoms with van der Waals surface area (Å²) in [6.07, 6.45) is 4.44. The lowest BCUT2D eigenvalue weighted by molar-refractivity contribution is 0.479. The lowest BCUT2D eigenvalue weighted by Gasteiger charge is -2.07. The number of aromatic nitrogens is 3. The maximum Gasteiger partial charge on any atom is 0.248 e. The highest BCUT2D eigenvalue weighted by atomic mass is 19.2. The number of pyridine rings is 3. The minimum Gasteiger partial charge on any atom is -0.254 e. The fourth-order valence-corrected chi connectivity index (χ4v) is 2.83. The van der Waals surface area contributed by atoms with E-state index >= 15 is 0 Å². The maximum atomic E-state index is 13.6. The van der Waals surface area contributed by atoms with E-state index in [2.05, 4.69) is 21.0 Å². The summed E-state index contributed by atoms with van der Waals surface area (Å²) in [6, 6.07) is 10.2. The van der Waals surface area contributed by atoms with Crippen LogP contribution in [0.25, 0.3) is 22.5 Å². The van der Waals surface area contributed by atoms with E-state index in [-0.39, 0.29) is 11.1 Å². The van der Waals surface area contributed by atoms with Crippen molar-refractivity contribution < 1.29 is 8.78 Å². The van der Waals surface area contributed by atoms with E-state index in [0.717, 1.165) is 23.4 Å². The molecule has 0 amide bonds. The summed E-state index contributed by atoms with van der Waals surface area (Å²) in [5, 5.41) is 9.66. The quantitative estimate of drug-likeness (QED) is 0.397. The number of allylic oxidation sites excluding steroid dienone is 1. The van der Waals surface area contributed by atoms with Crippen molar-refractivity contribution in [2.24, 2.45) is 0 Å². The highest BCUT2D eigenvalue weighted by molar-refractivity contribution is 6.11. The van der Waals surface area contributed by atoms with Gasteiger partial charge in [-0.3, -0.25) is 9.97 Å². The SMILES string of the molecule is N#CC(=C1c2cccnc2-c2ncccc21)c1cnc(F)c(F)c1. The molecule has 1 aliphatic rings. The molecule has 4 nitrogen and oxygen atoms in total. The van der Waals surface area contributed by atoms with E-state index in [1.807, 2.05) is 12.1 Å². The van der Waals surface area contributed by atoms with Gasteiger partial charge in [0.2, 0.25) is 5.95 Å². The Hall–Kier alpha value is -3.46. The van der Waals surface area contributed by atoms with Crippen LogP contribution in [0.5, 0.6) is 0 Å². The smallest absolute Gasteiger partial charge is 0.248 e. The molecule has 0 aliphatic heterocycles. The molecule has 0 N–H and O–H groups in total. The van der Waals surface area contributed by atoms with E-state index < -0.39 is 11.8 Å². The summed E-state index contributed by atoms with van der Waals surface area (Å²) in [4.78, 5) is 12.0. The highest BCUT2D eigenvalue weighted by Crippen LogP contribution is 2.44. The number of nitrogens with zero attached hydrogens (tertiary/aromatic N) is 4. The van der Waals surface area contributed by atoms with Gasteiger partial charge in [-0.05, 0) is 18.2 Å². The van der Waals surface area contributed by atoms with Gasteiger partial charge in [-0.1, -0.05) is 12.1 Å². The van der Waals surface area contributed by atoms with E-state index in [1.165, 1.54) is 0 Å². The Kier molecular flexibility index (Phi) is 3.14. The number of halogens is 2. The van der Waals surface area contributed by atoms with Gasteiger partial charge in [-0.25, -0.2) is 9.37 Å². The van der Waals surface area contributed by atoms with Crippen molar-refractivity contribution in [2.75, 3.05) is 0 Å². The second kappa shape index (κ2) is 5.32. The highest BCUT2D eigenvalue weighted by Gasteiger charge is 2.29. The molecule has 114 valence electrons. The van der Waals surface area contributed by atoms with Crippen LogP contribution in [-0.4, -0.2) is 15.0 Å².